The van der Waals surface area contributed by atoms with Crippen LogP contribution in [-0.2, 0) is 24.4 Å². The number of carboxylic acids is 1. The van der Waals surface area contributed by atoms with Crippen molar-refractivity contribution in [3.63, 3.8) is 0 Å². The molecule has 0 aromatic heterocycles. The van der Waals surface area contributed by atoms with Crippen molar-refractivity contribution in [1.29, 1.82) is 0 Å². The van der Waals surface area contributed by atoms with E-state index in [1.165, 1.54) is 0 Å². The molecule has 0 aliphatic heterocycles. The van der Waals surface area contributed by atoms with Gasteiger partial charge < -0.3 is 19.9 Å². The van der Waals surface area contributed by atoms with E-state index in [1.807, 2.05) is 91.0 Å². The van der Waals surface area contributed by atoms with Gasteiger partial charge in [-0.1, -0.05) is 103 Å². The largest absolute Gasteiger partial charge is 0.485 e. The number of hydrogen-bond acceptors (Lipinski definition) is 4. The molecule has 0 unspecified atom stereocenters. The van der Waals surface area contributed by atoms with Gasteiger partial charge in [-0.25, -0.2) is 4.79 Å². The van der Waals surface area contributed by atoms with Crippen molar-refractivity contribution in [3.05, 3.63) is 144 Å². The first-order valence-corrected chi connectivity index (χ1v) is 13.0. The second-order valence-corrected chi connectivity index (χ2v) is 9.42. The molecule has 40 heavy (non-hydrogen) atoms. The predicted molar refractivity (Wildman–Crippen MR) is 155 cm³/mol. The summed E-state index contributed by atoms with van der Waals surface area (Å²) < 4.78 is 12.2. The molecule has 0 spiro atoms. The molecule has 0 aliphatic rings. The first-order chi connectivity index (χ1) is 19.6. The standard InChI is InChI=1S/C34H29NO5/c36-33(29-17-9-15-27-14-7-8-16-28(27)29)35-30(34(37)38)20-26-18-19-31(39-22-24-10-3-1-4-11-24)32(21-26)40-23-25-12-5-2-6-13-25/h1-19,21,30H,20,22-23H2,(H,35,36)(H,37,38)/t30-/m0/s1. The highest BCUT2D eigenvalue weighted by atomic mass is 16.5. The summed E-state index contributed by atoms with van der Waals surface area (Å²) in [4.78, 5) is 25.3. The molecule has 5 rings (SSSR count). The molecule has 2 N–H and O–H groups in total. The number of carboxylic acid groups (broad SMARTS) is 1. The Kier molecular flexibility index (Phi) is 8.37. The van der Waals surface area contributed by atoms with Crippen molar-refractivity contribution in [2.45, 2.75) is 25.7 Å². The van der Waals surface area contributed by atoms with E-state index in [2.05, 4.69) is 5.32 Å². The maximum atomic E-state index is 13.1. The molecule has 0 aliphatic carbocycles. The zero-order valence-electron chi connectivity index (χ0n) is 21.8. The van der Waals surface area contributed by atoms with Gasteiger partial charge in [0.05, 0.1) is 0 Å². The minimum Gasteiger partial charge on any atom is -0.485 e. The van der Waals surface area contributed by atoms with E-state index in [9.17, 15) is 14.7 Å². The Morgan fingerprint density at radius 1 is 0.650 bits per heavy atom. The van der Waals surface area contributed by atoms with Crippen molar-refractivity contribution in [1.82, 2.24) is 5.32 Å². The van der Waals surface area contributed by atoms with Crippen LogP contribution in [0.5, 0.6) is 11.5 Å². The van der Waals surface area contributed by atoms with Gasteiger partial charge in [-0.15, -0.1) is 0 Å². The number of aliphatic carboxylic acids is 1. The minimum absolute atomic E-state index is 0.0759. The predicted octanol–water partition coefficient (Wildman–Crippen LogP) is 6.42. The van der Waals surface area contributed by atoms with Gasteiger partial charge in [0.1, 0.15) is 19.3 Å². The van der Waals surface area contributed by atoms with Crippen LogP contribution < -0.4 is 14.8 Å². The molecule has 5 aromatic carbocycles. The monoisotopic (exact) mass is 531 g/mol. The zero-order valence-corrected chi connectivity index (χ0v) is 21.8. The van der Waals surface area contributed by atoms with Crippen LogP contribution in [0.4, 0.5) is 0 Å². The van der Waals surface area contributed by atoms with Crippen LogP contribution in [0.3, 0.4) is 0 Å². The Bertz CT molecular complexity index is 1600. The van der Waals surface area contributed by atoms with Gasteiger partial charge in [-0.3, -0.25) is 4.79 Å². The van der Waals surface area contributed by atoms with Gasteiger partial charge >= 0.3 is 5.97 Å². The van der Waals surface area contributed by atoms with E-state index in [-0.39, 0.29) is 6.42 Å². The summed E-state index contributed by atoms with van der Waals surface area (Å²) in [5.41, 5.74) is 3.14. The quantitative estimate of drug-likeness (QED) is 0.205. The molecule has 5 aromatic rings. The van der Waals surface area contributed by atoms with Crippen molar-refractivity contribution >= 4 is 22.6 Å². The number of rotatable bonds is 11. The third kappa shape index (κ3) is 6.66. The van der Waals surface area contributed by atoms with Crippen molar-refractivity contribution in [2.75, 3.05) is 0 Å². The molecule has 0 fully saturated rings. The number of nitrogens with one attached hydrogen (secondary N) is 1. The Morgan fingerprint density at radius 2 is 1.25 bits per heavy atom. The molecule has 0 heterocycles. The first-order valence-electron chi connectivity index (χ1n) is 13.0. The number of carbonyl (C=O) groups is 2. The zero-order chi connectivity index (χ0) is 27.7. The summed E-state index contributed by atoms with van der Waals surface area (Å²) in [5.74, 6) is -0.505. The highest BCUT2D eigenvalue weighted by Gasteiger charge is 2.23. The third-order valence-electron chi connectivity index (χ3n) is 6.56. The fraction of sp³-hybridized carbons (Fsp3) is 0.118. The lowest BCUT2D eigenvalue weighted by Crippen LogP contribution is -2.42. The lowest BCUT2D eigenvalue weighted by Gasteiger charge is -2.18. The molecule has 1 amide bonds. The maximum absolute atomic E-state index is 13.1. The molecule has 0 bridgehead atoms. The molecule has 0 radical (unpaired) electrons. The lowest BCUT2D eigenvalue weighted by atomic mass is 10.0. The summed E-state index contributed by atoms with van der Waals surface area (Å²) in [6.45, 7) is 0.687. The molecular formula is C34H29NO5. The number of hydrogen-bond donors (Lipinski definition) is 2. The van der Waals surface area contributed by atoms with Crippen LogP contribution in [0.2, 0.25) is 0 Å². The fourth-order valence-corrected chi connectivity index (χ4v) is 4.48. The third-order valence-corrected chi connectivity index (χ3v) is 6.56. The number of fused-ring (bicyclic) bond motifs is 1. The average molecular weight is 532 g/mol. The minimum atomic E-state index is -1.13. The van der Waals surface area contributed by atoms with Gasteiger partial charge in [0.15, 0.2) is 11.5 Å². The SMILES string of the molecule is O=C(N[C@@H](Cc1ccc(OCc2ccccc2)c(OCc2ccccc2)c1)C(=O)O)c1cccc2ccccc12. The molecule has 6 heteroatoms. The normalized spacial score (nSPS) is 11.5. The van der Waals surface area contributed by atoms with Gasteiger partial charge in [0.2, 0.25) is 0 Å². The highest BCUT2D eigenvalue weighted by Crippen LogP contribution is 2.31. The average Bonchev–Trinajstić information content (AvgIpc) is 2.99. The molecular weight excluding hydrogens is 502 g/mol. The van der Waals surface area contributed by atoms with E-state index < -0.39 is 17.9 Å². The second-order valence-electron chi connectivity index (χ2n) is 9.42. The van der Waals surface area contributed by atoms with E-state index in [0.717, 1.165) is 21.9 Å². The number of benzene rings is 5. The van der Waals surface area contributed by atoms with Crippen LogP contribution in [0.25, 0.3) is 10.8 Å². The number of ether oxygens (including phenoxy) is 2. The topological polar surface area (TPSA) is 84.9 Å². The Morgan fingerprint density at radius 3 is 1.93 bits per heavy atom. The van der Waals surface area contributed by atoms with Gasteiger partial charge in [0, 0.05) is 12.0 Å². The Labute approximate surface area is 232 Å². The Balaban J connectivity index is 1.35. The van der Waals surface area contributed by atoms with E-state index >= 15 is 0 Å². The molecule has 200 valence electrons. The van der Waals surface area contributed by atoms with Crippen LogP contribution in [-0.4, -0.2) is 23.0 Å². The van der Waals surface area contributed by atoms with Crippen LogP contribution >= 0.6 is 0 Å². The van der Waals surface area contributed by atoms with Crippen molar-refractivity contribution < 1.29 is 24.2 Å². The number of amides is 1. The molecule has 1 atom stereocenters. The molecule has 6 nitrogen and oxygen atoms in total. The smallest absolute Gasteiger partial charge is 0.326 e. The van der Waals surface area contributed by atoms with Crippen molar-refractivity contribution in [2.24, 2.45) is 0 Å². The lowest BCUT2D eigenvalue weighted by molar-refractivity contribution is -0.139. The Hall–Kier alpha value is -5.10. The summed E-state index contributed by atoms with van der Waals surface area (Å²) in [5, 5.41) is 14.3. The van der Waals surface area contributed by atoms with Gasteiger partial charge in [0.25, 0.3) is 5.91 Å². The van der Waals surface area contributed by atoms with Crippen LogP contribution in [0.1, 0.15) is 27.0 Å². The van der Waals surface area contributed by atoms with E-state index in [0.29, 0.717) is 35.8 Å². The summed E-state index contributed by atoms with van der Waals surface area (Å²) in [6.07, 6.45) is 0.0759. The highest BCUT2D eigenvalue weighted by molar-refractivity contribution is 6.07. The van der Waals surface area contributed by atoms with Crippen molar-refractivity contribution in [3.8, 4) is 11.5 Å². The summed E-state index contributed by atoms with van der Waals surface area (Å²) >= 11 is 0. The van der Waals surface area contributed by atoms with Gasteiger partial charge in [-0.2, -0.15) is 0 Å². The molecule has 0 saturated carbocycles. The van der Waals surface area contributed by atoms with E-state index in [4.69, 9.17) is 9.47 Å². The van der Waals surface area contributed by atoms with Gasteiger partial charge in [-0.05, 0) is 45.7 Å². The van der Waals surface area contributed by atoms with Crippen LogP contribution in [0, 0.1) is 0 Å². The maximum Gasteiger partial charge on any atom is 0.326 e. The fourth-order valence-electron chi connectivity index (χ4n) is 4.48. The second kappa shape index (κ2) is 12.6. The first kappa shape index (κ1) is 26.5. The number of carbonyl (C=O) groups excluding carboxylic acids is 1. The molecule has 0 saturated heterocycles. The van der Waals surface area contributed by atoms with E-state index in [1.54, 1.807) is 30.3 Å². The van der Waals surface area contributed by atoms with Crippen LogP contribution in [0.15, 0.2) is 121 Å². The summed E-state index contributed by atoms with van der Waals surface area (Å²) in [7, 11) is 0. The summed E-state index contributed by atoms with van der Waals surface area (Å²) in [6, 6.07) is 36.7.